The number of carbonyl (C=O) groups excluding carboxylic acids is 1. The van der Waals surface area contributed by atoms with Crippen LogP contribution in [-0.2, 0) is 27.6 Å². The van der Waals surface area contributed by atoms with Gasteiger partial charge in [-0.1, -0.05) is 59.8 Å². The summed E-state index contributed by atoms with van der Waals surface area (Å²) in [5.74, 6) is 0.631. The highest BCUT2D eigenvalue weighted by atomic mass is 32.2. The minimum atomic E-state index is -3.07. The summed E-state index contributed by atoms with van der Waals surface area (Å²) >= 11 is 1.41. The molecular formula is C22H24N2O4S2. The largest absolute Gasteiger partial charge is 0.496 e. The van der Waals surface area contributed by atoms with Gasteiger partial charge < -0.3 is 9.64 Å². The maximum Gasteiger partial charge on any atom is 0.252 e. The van der Waals surface area contributed by atoms with Gasteiger partial charge in [-0.2, -0.15) is 4.99 Å². The summed E-state index contributed by atoms with van der Waals surface area (Å²) in [6, 6.07) is 15.4. The lowest BCUT2D eigenvalue weighted by atomic mass is 10.1. The SMILES string of the molecule is COc1ccccc1CC(=O)N=C1SC2CS(=O)(=O)CC2N1Cc1ccc(C)cc1. The smallest absolute Gasteiger partial charge is 0.252 e. The van der Waals surface area contributed by atoms with Crippen LogP contribution in [0.5, 0.6) is 5.75 Å². The summed E-state index contributed by atoms with van der Waals surface area (Å²) < 4.78 is 29.7. The number of hydrogen-bond donors (Lipinski definition) is 0. The van der Waals surface area contributed by atoms with Crippen molar-refractivity contribution >= 4 is 32.7 Å². The highest BCUT2D eigenvalue weighted by Crippen LogP contribution is 2.39. The van der Waals surface area contributed by atoms with Crippen molar-refractivity contribution in [2.45, 2.75) is 31.2 Å². The molecule has 2 aromatic carbocycles. The summed E-state index contributed by atoms with van der Waals surface area (Å²) in [4.78, 5) is 19.1. The molecule has 0 spiro atoms. The topological polar surface area (TPSA) is 76.0 Å². The van der Waals surface area contributed by atoms with Crippen LogP contribution in [0.2, 0.25) is 0 Å². The molecule has 0 N–H and O–H groups in total. The van der Waals surface area contributed by atoms with Gasteiger partial charge in [0, 0.05) is 17.4 Å². The Bertz CT molecular complexity index is 1080. The third-order valence-corrected chi connectivity index (χ3v) is 8.65. The molecule has 2 aromatic rings. The van der Waals surface area contributed by atoms with Gasteiger partial charge in [0.1, 0.15) is 5.75 Å². The Labute approximate surface area is 181 Å². The monoisotopic (exact) mass is 444 g/mol. The number of ether oxygens (including phenoxy) is 1. The van der Waals surface area contributed by atoms with Gasteiger partial charge in [0.05, 0.1) is 31.1 Å². The Balaban J connectivity index is 1.58. The van der Waals surface area contributed by atoms with Crippen molar-refractivity contribution in [2.24, 2.45) is 4.99 Å². The van der Waals surface area contributed by atoms with Crippen LogP contribution < -0.4 is 4.74 Å². The van der Waals surface area contributed by atoms with Crippen molar-refractivity contribution in [1.29, 1.82) is 0 Å². The average molecular weight is 445 g/mol. The van der Waals surface area contributed by atoms with Gasteiger partial charge in [-0.25, -0.2) is 8.42 Å². The fourth-order valence-electron chi connectivity index (χ4n) is 3.87. The van der Waals surface area contributed by atoms with Gasteiger partial charge in [-0.3, -0.25) is 4.79 Å². The number of para-hydroxylation sites is 1. The highest BCUT2D eigenvalue weighted by Gasteiger charge is 2.48. The van der Waals surface area contributed by atoms with E-state index in [1.807, 2.05) is 60.4 Å². The van der Waals surface area contributed by atoms with E-state index in [4.69, 9.17) is 4.74 Å². The number of hydrogen-bond acceptors (Lipinski definition) is 5. The summed E-state index contributed by atoms with van der Waals surface area (Å²) in [6.45, 7) is 2.56. The van der Waals surface area contributed by atoms with E-state index >= 15 is 0 Å². The van der Waals surface area contributed by atoms with Gasteiger partial charge in [-0.05, 0) is 18.6 Å². The molecule has 2 aliphatic heterocycles. The fourth-order valence-corrected chi connectivity index (χ4v) is 7.84. The molecule has 30 heavy (non-hydrogen) atoms. The van der Waals surface area contributed by atoms with Gasteiger partial charge in [-0.15, -0.1) is 0 Å². The third-order valence-electron chi connectivity index (χ3n) is 5.40. The lowest BCUT2D eigenvalue weighted by Gasteiger charge is -2.24. The number of amidine groups is 1. The second kappa shape index (κ2) is 8.43. The summed E-state index contributed by atoms with van der Waals surface area (Å²) in [6.07, 6.45) is 0.139. The first-order valence-electron chi connectivity index (χ1n) is 9.77. The number of fused-ring (bicyclic) bond motifs is 1. The molecule has 0 bridgehead atoms. The normalized spacial score (nSPS) is 23.5. The maximum atomic E-state index is 12.7. The molecule has 158 valence electrons. The first kappa shape index (κ1) is 20.9. The number of rotatable bonds is 5. The number of nitrogens with zero attached hydrogens (tertiary/aromatic N) is 2. The lowest BCUT2D eigenvalue weighted by Crippen LogP contribution is -2.37. The summed E-state index contributed by atoms with van der Waals surface area (Å²) in [5, 5.41) is 0.527. The molecule has 0 aromatic heterocycles. The molecule has 0 saturated carbocycles. The van der Waals surface area contributed by atoms with Gasteiger partial charge in [0.2, 0.25) is 0 Å². The molecular weight excluding hydrogens is 420 g/mol. The van der Waals surface area contributed by atoms with E-state index in [0.717, 1.165) is 16.7 Å². The van der Waals surface area contributed by atoms with E-state index in [0.29, 0.717) is 17.5 Å². The van der Waals surface area contributed by atoms with Crippen LogP contribution in [0.15, 0.2) is 53.5 Å². The summed E-state index contributed by atoms with van der Waals surface area (Å²) in [5.41, 5.74) is 3.01. The molecule has 2 fully saturated rings. The van der Waals surface area contributed by atoms with E-state index < -0.39 is 9.84 Å². The van der Waals surface area contributed by atoms with Crippen molar-refractivity contribution in [2.75, 3.05) is 18.6 Å². The molecule has 0 radical (unpaired) electrons. The van der Waals surface area contributed by atoms with Crippen LogP contribution in [0.25, 0.3) is 0 Å². The number of methoxy groups -OCH3 is 1. The predicted molar refractivity (Wildman–Crippen MR) is 120 cm³/mol. The van der Waals surface area contributed by atoms with E-state index in [-0.39, 0.29) is 35.1 Å². The van der Waals surface area contributed by atoms with Crippen LogP contribution >= 0.6 is 11.8 Å². The third kappa shape index (κ3) is 4.54. The number of amides is 1. The van der Waals surface area contributed by atoms with E-state index in [9.17, 15) is 13.2 Å². The Hall–Kier alpha value is -2.32. The summed E-state index contributed by atoms with van der Waals surface area (Å²) in [7, 11) is -1.49. The zero-order valence-corrected chi connectivity index (χ0v) is 18.6. The zero-order chi connectivity index (χ0) is 21.3. The van der Waals surface area contributed by atoms with Crippen molar-refractivity contribution < 1.29 is 17.9 Å². The first-order valence-corrected chi connectivity index (χ1v) is 12.5. The Morgan fingerprint density at radius 1 is 1.17 bits per heavy atom. The molecule has 8 heteroatoms. The molecule has 1 amide bonds. The zero-order valence-electron chi connectivity index (χ0n) is 16.9. The number of aryl methyl sites for hydroxylation is 1. The lowest BCUT2D eigenvalue weighted by molar-refractivity contribution is -0.117. The van der Waals surface area contributed by atoms with Crippen LogP contribution in [0.4, 0.5) is 0 Å². The van der Waals surface area contributed by atoms with Crippen molar-refractivity contribution in [3.63, 3.8) is 0 Å². The van der Waals surface area contributed by atoms with Crippen molar-refractivity contribution in [3.05, 3.63) is 65.2 Å². The molecule has 6 nitrogen and oxygen atoms in total. The number of benzene rings is 2. The standard InChI is InChI=1S/C22H24N2O4S2/c1-15-7-9-16(10-8-15)12-24-18-13-30(26,27)14-20(18)29-22(24)23-21(25)11-17-5-3-4-6-19(17)28-2/h3-10,18,20H,11-14H2,1-2H3. The van der Waals surface area contributed by atoms with Crippen LogP contribution in [0.1, 0.15) is 16.7 Å². The van der Waals surface area contributed by atoms with Gasteiger partial charge in [0.15, 0.2) is 15.0 Å². The Morgan fingerprint density at radius 2 is 1.90 bits per heavy atom. The van der Waals surface area contributed by atoms with E-state index in [2.05, 4.69) is 4.99 Å². The molecule has 4 rings (SSSR count). The fraction of sp³-hybridized carbons (Fsp3) is 0.364. The second-order valence-electron chi connectivity index (χ2n) is 7.69. The quantitative estimate of drug-likeness (QED) is 0.706. The molecule has 2 heterocycles. The number of carbonyl (C=O) groups is 1. The first-order chi connectivity index (χ1) is 14.3. The minimum Gasteiger partial charge on any atom is -0.496 e. The van der Waals surface area contributed by atoms with Crippen LogP contribution in [-0.4, -0.2) is 54.3 Å². The maximum absolute atomic E-state index is 12.7. The average Bonchev–Trinajstić information content (AvgIpc) is 3.16. The van der Waals surface area contributed by atoms with E-state index in [1.54, 1.807) is 7.11 Å². The molecule has 2 unspecified atom stereocenters. The minimum absolute atomic E-state index is 0.0849. The number of aliphatic imine (C=N–C) groups is 1. The second-order valence-corrected chi connectivity index (χ2v) is 11.1. The van der Waals surface area contributed by atoms with Gasteiger partial charge >= 0.3 is 0 Å². The molecule has 2 saturated heterocycles. The Morgan fingerprint density at radius 3 is 2.63 bits per heavy atom. The molecule has 2 aliphatic rings. The number of thioether (sulfide) groups is 1. The van der Waals surface area contributed by atoms with E-state index in [1.165, 1.54) is 11.8 Å². The Kier molecular flexibility index (Phi) is 5.88. The molecule has 2 atom stereocenters. The highest BCUT2D eigenvalue weighted by molar-refractivity contribution is 8.15. The van der Waals surface area contributed by atoms with Crippen LogP contribution in [0, 0.1) is 6.92 Å². The van der Waals surface area contributed by atoms with Gasteiger partial charge in [0.25, 0.3) is 5.91 Å². The van der Waals surface area contributed by atoms with Crippen molar-refractivity contribution in [3.8, 4) is 5.75 Å². The van der Waals surface area contributed by atoms with Crippen LogP contribution in [0.3, 0.4) is 0 Å². The van der Waals surface area contributed by atoms with Crippen molar-refractivity contribution in [1.82, 2.24) is 4.90 Å². The molecule has 0 aliphatic carbocycles. The predicted octanol–water partition coefficient (Wildman–Crippen LogP) is 2.84. The number of sulfone groups is 1.